The molecule has 11 heavy (non-hydrogen) atoms. The number of hydrogen-bond acceptors (Lipinski definition) is 2. The van der Waals surface area contributed by atoms with Gasteiger partial charge in [0.15, 0.2) is 0 Å². The normalized spacial score (nSPS) is 9.09. The fourth-order valence-corrected chi connectivity index (χ4v) is 2.42. The second-order valence-corrected chi connectivity index (χ2v) is 3.85. The predicted octanol–water partition coefficient (Wildman–Crippen LogP) is 3.59. The molecule has 0 saturated carbocycles. The summed E-state index contributed by atoms with van der Waals surface area (Å²) in [6, 6.07) is 8.46. The van der Waals surface area contributed by atoms with Gasteiger partial charge in [0.05, 0.1) is 0 Å². The van der Waals surface area contributed by atoms with Crippen LogP contribution in [0.15, 0.2) is 35.0 Å². The molecule has 0 aliphatic carbocycles. The van der Waals surface area contributed by atoms with Crippen molar-refractivity contribution in [2.24, 2.45) is 0 Å². The van der Waals surface area contributed by atoms with Crippen molar-refractivity contribution < 1.29 is 0 Å². The van der Waals surface area contributed by atoms with Crippen molar-refractivity contribution in [3.8, 4) is 9.75 Å². The highest BCUT2D eigenvalue weighted by Crippen LogP contribution is 2.28. The molecule has 0 amide bonds. The molecule has 2 heterocycles. The standard InChI is InChI=1S/C8H6S2.H2S/c1-3-7(9-5-1)8-4-2-6-10-8;/h1-6H;1H2. The molecular formula is C8H8S3. The van der Waals surface area contributed by atoms with Crippen molar-refractivity contribution in [1.82, 2.24) is 0 Å². The SMILES string of the molecule is S.c1csc(-c2cccs2)c1. The number of rotatable bonds is 1. The quantitative estimate of drug-likeness (QED) is 0.660. The molecule has 3 heteroatoms. The van der Waals surface area contributed by atoms with E-state index in [1.54, 1.807) is 22.7 Å². The third kappa shape index (κ3) is 1.86. The largest absolute Gasteiger partial charge is 0.197 e. The lowest BCUT2D eigenvalue weighted by Crippen LogP contribution is -1.55. The summed E-state index contributed by atoms with van der Waals surface area (Å²) >= 11 is 3.58. The molecule has 0 fully saturated rings. The van der Waals surface area contributed by atoms with Crippen molar-refractivity contribution in [3.05, 3.63) is 35.0 Å². The van der Waals surface area contributed by atoms with E-state index in [0.717, 1.165) is 0 Å². The zero-order valence-corrected chi connectivity index (χ0v) is 8.41. The zero-order chi connectivity index (χ0) is 6.81. The fourth-order valence-electron chi connectivity index (χ4n) is 0.838. The molecule has 0 nitrogen and oxygen atoms in total. The second kappa shape index (κ2) is 3.95. The molecule has 0 N–H and O–H groups in total. The van der Waals surface area contributed by atoms with E-state index in [2.05, 4.69) is 35.0 Å². The van der Waals surface area contributed by atoms with Crippen LogP contribution in [-0.2, 0) is 0 Å². The summed E-state index contributed by atoms with van der Waals surface area (Å²) in [5, 5.41) is 4.21. The van der Waals surface area contributed by atoms with Crippen LogP contribution in [-0.4, -0.2) is 0 Å². The van der Waals surface area contributed by atoms with Crippen molar-refractivity contribution in [3.63, 3.8) is 0 Å². The molecule has 0 aliphatic rings. The molecule has 0 atom stereocenters. The highest BCUT2D eigenvalue weighted by atomic mass is 32.1. The second-order valence-electron chi connectivity index (χ2n) is 1.95. The Balaban J connectivity index is 0.000000605. The van der Waals surface area contributed by atoms with Gasteiger partial charge in [-0.15, -0.1) is 22.7 Å². The number of thiophene rings is 2. The van der Waals surface area contributed by atoms with Crippen LogP contribution in [0.25, 0.3) is 9.75 Å². The third-order valence-electron chi connectivity index (χ3n) is 1.29. The Morgan fingerprint density at radius 3 is 1.55 bits per heavy atom. The first-order valence-corrected chi connectivity index (χ1v) is 4.80. The van der Waals surface area contributed by atoms with Crippen LogP contribution in [0.5, 0.6) is 0 Å². The molecule has 0 saturated heterocycles. The van der Waals surface area contributed by atoms with E-state index in [9.17, 15) is 0 Å². The highest BCUT2D eigenvalue weighted by molar-refractivity contribution is 7.59. The van der Waals surface area contributed by atoms with Crippen LogP contribution in [0.2, 0.25) is 0 Å². The average Bonchev–Trinajstić information content (AvgIpc) is 2.59. The number of hydrogen-bond donors (Lipinski definition) is 0. The molecule has 2 aromatic rings. The van der Waals surface area contributed by atoms with Crippen LogP contribution in [0, 0.1) is 0 Å². The van der Waals surface area contributed by atoms with Gasteiger partial charge in [-0.25, -0.2) is 0 Å². The molecule has 2 rings (SSSR count). The first-order valence-electron chi connectivity index (χ1n) is 3.04. The van der Waals surface area contributed by atoms with Crippen LogP contribution in [0.4, 0.5) is 0 Å². The Bertz CT molecular complexity index is 249. The van der Waals surface area contributed by atoms with Crippen LogP contribution >= 0.6 is 36.2 Å². The van der Waals surface area contributed by atoms with Crippen molar-refractivity contribution in [2.75, 3.05) is 0 Å². The predicted molar refractivity (Wildman–Crippen MR) is 58.0 cm³/mol. The van der Waals surface area contributed by atoms with Gasteiger partial charge in [0, 0.05) is 9.75 Å². The van der Waals surface area contributed by atoms with Crippen molar-refractivity contribution in [1.29, 1.82) is 0 Å². The first kappa shape index (κ1) is 8.84. The molecule has 0 bridgehead atoms. The van der Waals surface area contributed by atoms with Gasteiger partial charge in [0.1, 0.15) is 0 Å². The van der Waals surface area contributed by atoms with E-state index in [1.807, 2.05) is 0 Å². The molecule has 0 aliphatic heterocycles. The maximum absolute atomic E-state index is 2.15. The Hall–Kier alpha value is -0.250. The van der Waals surface area contributed by atoms with Gasteiger partial charge in [-0.3, -0.25) is 0 Å². The topological polar surface area (TPSA) is 0 Å². The fraction of sp³-hybridized carbons (Fsp3) is 0. The minimum absolute atomic E-state index is 0. The summed E-state index contributed by atoms with van der Waals surface area (Å²) < 4.78 is 0. The molecule has 0 aromatic carbocycles. The van der Waals surface area contributed by atoms with Gasteiger partial charge in [-0.2, -0.15) is 13.5 Å². The Morgan fingerprint density at radius 2 is 1.27 bits per heavy atom. The Labute approximate surface area is 81.0 Å². The van der Waals surface area contributed by atoms with Crippen LogP contribution in [0.1, 0.15) is 0 Å². The minimum Gasteiger partial charge on any atom is -0.197 e. The maximum Gasteiger partial charge on any atom is 0.0442 e. The van der Waals surface area contributed by atoms with E-state index >= 15 is 0 Å². The van der Waals surface area contributed by atoms with Crippen LogP contribution in [0.3, 0.4) is 0 Å². The summed E-state index contributed by atoms with van der Waals surface area (Å²) in [5.41, 5.74) is 0. The molecule has 2 aromatic heterocycles. The lowest BCUT2D eigenvalue weighted by atomic mass is 10.4. The van der Waals surface area contributed by atoms with Crippen LogP contribution < -0.4 is 0 Å². The van der Waals surface area contributed by atoms with E-state index in [1.165, 1.54) is 9.75 Å². The van der Waals surface area contributed by atoms with E-state index in [4.69, 9.17) is 0 Å². The summed E-state index contributed by atoms with van der Waals surface area (Å²) in [6.07, 6.45) is 0. The van der Waals surface area contributed by atoms with Gasteiger partial charge in [-0.1, -0.05) is 12.1 Å². The highest BCUT2D eigenvalue weighted by Gasteiger charge is 1.96. The lowest BCUT2D eigenvalue weighted by Gasteiger charge is -1.84. The van der Waals surface area contributed by atoms with Gasteiger partial charge in [-0.05, 0) is 22.9 Å². The Morgan fingerprint density at radius 1 is 0.818 bits per heavy atom. The average molecular weight is 200 g/mol. The van der Waals surface area contributed by atoms with Gasteiger partial charge >= 0.3 is 0 Å². The van der Waals surface area contributed by atoms with E-state index in [0.29, 0.717) is 0 Å². The van der Waals surface area contributed by atoms with E-state index < -0.39 is 0 Å². The summed E-state index contributed by atoms with van der Waals surface area (Å²) in [5.74, 6) is 0. The Kier molecular flexibility index (Phi) is 3.17. The summed E-state index contributed by atoms with van der Waals surface area (Å²) in [7, 11) is 0. The van der Waals surface area contributed by atoms with Crippen molar-refractivity contribution >= 4 is 36.2 Å². The maximum atomic E-state index is 2.15. The lowest BCUT2D eigenvalue weighted by molar-refractivity contribution is 1.93. The first-order chi connectivity index (χ1) is 4.97. The molecule has 0 radical (unpaired) electrons. The molecule has 0 spiro atoms. The van der Waals surface area contributed by atoms with Gasteiger partial charge in [0.25, 0.3) is 0 Å². The summed E-state index contributed by atoms with van der Waals surface area (Å²) in [6.45, 7) is 0. The molecular weight excluding hydrogens is 192 g/mol. The van der Waals surface area contributed by atoms with E-state index in [-0.39, 0.29) is 13.5 Å². The smallest absolute Gasteiger partial charge is 0.0442 e. The molecule has 58 valence electrons. The minimum atomic E-state index is 0. The van der Waals surface area contributed by atoms with Crippen molar-refractivity contribution in [2.45, 2.75) is 0 Å². The third-order valence-corrected chi connectivity index (χ3v) is 3.22. The van der Waals surface area contributed by atoms with Gasteiger partial charge < -0.3 is 0 Å². The molecule has 0 unspecified atom stereocenters. The monoisotopic (exact) mass is 200 g/mol. The zero-order valence-electron chi connectivity index (χ0n) is 5.78. The summed E-state index contributed by atoms with van der Waals surface area (Å²) in [4.78, 5) is 2.74. The van der Waals surface area contributed by atoms with Gasteiger partial charge in [0.2, 0.25) is 0 Å².